The summed E-state index contributed by atoms with van der Waals surface area (Å²) in [6.07, 6.45) is 0. The first kappa shape index (κ1) is 17.2. The Hall–Kier alpha value is -1.85. The molecule has 6 nitrogen and oxygen atoms in total. The SMILES string of the molecule is CCN(CC(=O)NC(C)C)c1nc(C(C)C)nc(N)c1C. The summed E-state index contributed by atoms with van der Waals surface area (Å²) in [7, 11) is 0. The Balaban J connectivity index is 3.07. The van der Waals surface area contributed by atoms with Crippen molar-refractivity contribution >= 4 is 17.5 Å². The van der Waals surface area contributed by atoms with E-state index in [2.05, 4.69) is 15.3 Å². The van der Waals surface area contributed by atoms with Crippen LogP contribution in [-0.4, -0.2) is 35.0 Å². The first-order valence-electron chi connectivity index (χ1n) is 7.44. The molecule has 0 atom stereocenters. The summed E-state index contributed by atoms with van der Waals surface area (Å²) in [4.78, 5) is 22.8. The molecule has 21 heavy (non-hydrogen) atoms. The van der Waals surface area contributed by atoms with Gasteiger partial charge in [-0.25, -0.2) is 9.97 Å². The number of aromatic nitrogens is 2. The van der Waals surface area contributed by atoms with Gasteiger partial charge in [0.25, 0.3) is 0 Å². The highest BCUT2D eigenvalue weighted by Crippen LogP contribution is 2.24. The van der Waals surface area contributed by atoms with Crippen molar-refractivity contribution in [3.8, 4) is 0 Å². The topological polar surface area (TPSA) is 84.1 Å². The highest BCUT2D eigenvalue weighted by atomic mass is 16.2. The highest BCUT2D eigenvalue weighted by Gasteiger charge is 2.18. The molecule has 0 aliphatic carbocycles. The molecule has 0 aliphatic rings. The van der Waals surface area contributed by atoms with Gasteiger partial charge in [-0.15, -0.1) is 0 Å². The predicted octanol–water partition coefficient (Wildman–Crippen LogP) is 1.84. The van der Waals surface area contributed by atoms with Crippen LogP contribution >= 0.6 is 0 Å². The average Bonchev–Trinajstić information content (AvgIpc) is 2.38. The van der Waals surface area contributed by atoms with E-state index in [1.165, 1.54) is 0 Å². The van der Waals surface area contributed by atoms with Crippen molar-refractivity contribution in [2.75, 3.05) is 23.7 Å². The lowest BCUT2D eigenvalue weighted by Gasteiger charge is -2.25. The minimum Gasteiger partial charge on any atom is -0.383 e. The van der Waals surface area contributed by atoms with Gasteiger partial charge >= 0.3 is 0 Å². The van der Waals surface area contributed by atoms with Crippen LogP contribution in [-0.2, 0) is 4.79 Å². The molecule has 3 N–H and O–H groups in total. The standard InChI is InChI=1S/C15H27N5O/c1-7-20(8-12(21)17-10(4)5)15-11(6)13(16)18-14(19-15)9(2)3/h9-10H,7-8H2,1-6H3,(H,17,21)(H2,16,18,19). The molecule has 0 saturated carbocycles. The van der Waals surface area contributed by atoms with Crippen LogP contribution in [0.25, 0.3) is 0 Å². The number of nitrogen functional groups attached to an aromatic ring is 1. The van der Waals surface area contributed by atoms with E-state index in [4.69, 9.17) is 5.73 Å². The van der Waals surface area contributed by atoms with Gasteiger partial charge in [0, 0.05) is 24.1 Å². The lowest BCUT2D eigenvalue weighted by atomic mass is 10.2. The number of hydrogen-bond acceptors (Lipinski definition) is 5. The molecule has 118 valence electrons. The van der Waals surface area contributed by atoms with Crippen molar-refractivity contribution in [1.29, 1.82) is 0 Å². The van der Waals surface area contributed by atoms with Gasteiger partial charge in [0.05, 0.1) is 6.54 Å². The van der Waals surface area contributed by atoms with Crippen LogP contribution in [0, 0.1) is 6.92 Å². The third-order valence-corrected chi connectivity index (χ3v) is 3.16. The van der Waals surface area contributed by atoms with E-state index in [9.17, 15) is 4.79 Å². The second-order valence-corrected chi connectivity index (χ2v) is 5.81. The fourth-order valence-corrected chi connectivity index (χ4v) is 1.98. The van der Waals surface area contributed by atoms with E-state index < -0.39 is 0 Å². The van der Waals surface area contributed by atoms with E-state index in [-0.39, 0.29) is 24.4 Å². The van der Waals surface area contributed by atoms with Crippen molar-refractivity contribution in [1.82, 2.24) is 15.3 Å². The summed E-state index contributed by atoms with van der Waals surface area (Å²) >= 11 is 0. The van der Waals surface area contributed by atoms with Crippen LogP contribution in [0.15, 0.2) is 0 Å². The summed E-state index contributed by atoms with van der Waals surface area (Å²) < 4.78 is 0. The second-order valence-electron chi connectivity index (χ2n) is 5.81. The molecule has 0 aromatic carbocycles. The van der Waals surface area contributed by atoms with Crippen molar-refractivity contribution in [2.45, 2.75) is 53.5 Å². The molecule has 1 amide bonds. The average molecular weight is 293 g/mol. The van der Waals surface area contributed by atoms with Gasteiger partial charge in [0.1, 0.15) is 17.5 Å². The zero-order valence-corrected chi connectivity index (χ0v) is 13.9. The number of anilines is 2. The van der Waals surface area contributed by atoms with E-state index >= 15 is 0 Å². The largest absolute Gasteiger partial charge is 0.383 e. The van der Waals surface area contributed by atoms with Crippen molar-refractivity contribution in [3.05, 3.63) is 11.4 Å². The molecule has 0 spiro atoms. The zero-order chi connectivity index (χ0) is 16.2. The molecule has 0 aliphatic heterocycles. The first-order valence-corrected chi connectivity index (χ1v) is 7.44. The van der Waals surface area contributed by atoms with Crippen molar-refractivity contribution in [3.63, 3.8) is 0 Å². The summed E-state index contributed by atoms with van der Waals surface area (Å²) in [6.45, 7) is 12.8. The number of nitrogens with two attached hydrogens (primary N) is 1. The van der Waals surface area contributed by atoms with Gasteiger partial charge < -0.3 is 16.0 Å². The maximum absolute atomic E-state index is 12.0. The number of carbonyl (C=O) groups excluding carboxylic acids is 1. The monoisotopic (exact) mass is 293 g/mol. The summed E-state index contributed by atoms with van der Waals surface area (Å²) in [5, 5.41) is 2.89. The molecular formula is C15H27N5O. The zero-order valence-electron chi connectivity index (χ0n) is 13.9. The quantitative estimate of drug-likeness (QED) is 0.836. The molecule has 0 radical (unpaired) electrons. The number of amides is 1. The van der Waals surface area contributed by atoms with Gasteiger partial charge in [0.15, 0.2) is 0 Å². The van der Waals surface area contributed by atoms with Crippen LogP contribution in [0.2, 0.25) is 0 Å². The van der Waals surface area contributed by atoms with Gasteiger partial charge in [0.2, 0.25) is 5.91 Å². The predicted molar refractivity (Wildman–Crippen MR) is 86.4 cm³/mol. The number of likely N-dealkylation sites (N-methyl/N-ethyl adjacent to an activating group) is 1. The lowest BCUT2D eigenvalue weighted by Crippen LogP contribution is -2.40. The van der Waals surface area contributed by atoms with Crippen LogP contribution in [0.1, 0.15) is 51.9 Å². The number of carbonyl (C=O) groups is 1. The molecule has 1 rings (SSSR count). The molecule has 0 saturated heterocycles. The fourth-order valence-electron chi connectivity index (χ4n) is 1.98. The normalized spacial score (nSPS) is 11.0. The Morgan fingerprint density at radius 2 is 1.90 bits per heavy atom. The first-order chi connectivity index (χ1) is 9.76. The Kier molecular flexibility index (Phi) is 5.93. The molecule has 6 heteroatoms. The van der Waals surface area contributed by atoms with Gasteiger partial charge in [-0.05, 0) is 27.7 Å². The van der Waals surface area contributed by atoms with E-state index in [0.717, 1.165) is 11.4 Å². The minimum atomic E-state index is -0.0190. The molecular weight excluding hydrogens is 266 g/mol. The lowest BCUT2D eigenvalue weighted by molar-refractivity contribution is -0.120. The molecule has 0 fully saturated rings. The summed E-state index contributed by atoms with van der Waals surface area (Å²) in [5.74, 6) is 2.10. The smallest absolute Gasteiger partial charge is 0.239 e. The summed E-state index contributed by atoms with van der Waals surface area (Å²) in [6, 6.07) is 0.124. The number of nitrogens with zero attached hydrogens (tertiary/aromatic N) is 3. The Morgan fingerprint density at radius 3 is 2.38 bits per heavy atom. The number of rotatable bonds is 6. The van der Waals surface area contributed by atoms with Crippen LogP contribution in [0.5, 0.6) is 0 Å². The van der Waals surface area contributed by atoms with E-state index in [1.807, 2.05) is 46.4 Å². The molecule has 0 unspecified atom stereocenters. The van der Waals surface area contributed by atoms with E-state index in [1.54, 1.807) is 0 Å². The number of nitrogens with one attached hydrogen (secondary N) is 1. The Bertz CT molecular complexity index is 499. The third-order valence-electron chi connectivity index (χ3n) is 3.16. The fraction of sp³-hybridized carbons (Fsp3) is 0.667. The second kappa shape index (κ2) is 7.24. The summed E-state index contributed by atoms with van der Waals surface area (Å²) in [5.41, 5.74) is 6.80. The van der Waals surface area contributed by atoms with Crippen molar-refractivity contribution in [2.24, 2.45) is 0 Å². The van der Waals surface area contributed by atoms with Crippen LogP contribution in [0.3, 0.4) is 0 Å². The maximum Gasteiger partial charge on any atom is 0.239 e. The third kappa shape index (κ3) is 4.58. The van der Waals surface area contributed by atoms with Crippen LogP contribution < -0.4 is 16.0 Å². The Labute approximate surface area is 127 Å². The molecule has 1 aromatic rings. The van der Waals surface area contributed by atoms with Crippen LogP contribution in [0.4, 0.5) is 11.6 Å². The van der Waals surface area contributed by atoms with Gasteiger partial charge in [-0.1, -0.05) is 13.8 Å². The minimum absolute atomic E-state index is 0.0190. The van der Waals surface area contributed by atoms with E-state index in [0.29, 0.717) is 18.2 Å². The molecule has 0 bridgehead atoms. The van der Waals surface area contributed by atoms with Gasteiger partial charge in [-0.3, -0.25) is 4.79 Å². The maximum atomic E-state index is 12.0. The molecule has 1 heterocycles. The van der Waals surface area contributed by atoms with Crippen molar-refractivity contribution < 1.29 is 4.79 Å². The molecule has 1 aromatic heterocycles. The highest BCUT2D eigenvalue weighted by molar-refractivity contribution is 5.81. The van der Waals surface area contributed by atoms with Gasteiger partial charge in [-0.2, -0.15) is 0 Å². The Morgan fingerprint density at radius 1 is 1.29 bits per heavy atom. The number of hydrogen-bond donors (Lipinski definition) is 2.